The van der Waals surface area contributed by atoms with E-state index < -0.39 is 0 Å². The molecule has 2 rings (SSSR count). The van der Waals surface area contributed by atoms with Gasteiger partial charge in [0.1, 0.15) is 12.1 Å². The molecule has 1 unspecified atom stereocenters. The minimum atomic E-state index is -0.286. The first-order valence-electron chi connectivity index (χ1n) is 6.06. The standard InChI is InChI=1S/C12H19N3O3/c1-16-12(17-2)7-13-11-6-9(14-8-15-11)10-4-3-5-18-10/h6,8,10,12H,3-5,7H2,1-2H3,(H,13,14,15). The lowest BCUT2D eigenvalue weighted by molar-refractivity contribution is -0.0914. The fourth-order valence-electron chi connectivity index (χ4n) is 1.91. The van der Waals surface area contributed by atoms with Crippen molar-refractivity contribution in [2.45, 2.75) is 25.2 Å². The van der Waals surface area contributed by atoms with E-state index in [9.17, 15) is 0 Å². The number of rotatable bonds is 6. The first-order chi connectivity index (χ1) is 8.83. The number of nitrogens with zero attached hydrogens (tertiary/aromatic N) is 2. The van der Waals surface area contributed by atoms with Gasteiger partial charge < -0.3 is 19.5 Å². The fraction of sp³-hybridized carbons (Fsp3) is 0.667. The van der Waals surface area contributed by atoms with Crippen LogP contribution in [0.2, 0.25) is 0 Å². The van der Waals surface area contributed by atoms with Crippen molar-refractivity contribution in [3.8, 4) is 0 Å². The van der Waals surface area contributed by atoms with Crippen molar-refractivity contribution in [3.05, 3.63) is 18.1 Å². The van der Waals surface area contributed by atoms with Crippen molar-refractivity contribution in [1.29, 1.82) is 0 Å². The third-order valence-corrected chi connectivity index (χ3v) is 2.92. The van der Waals surface area contributed by atoms with Crippen LogP contribution in [-0.4, -0.2) is 43.6 Å². The Labute approximate surface area is 107 Å². The summed E-state index contributed by atoms with van der Waals surface area (Å²) >= 11 is 0. The Bertz CT molecular complexity index is 365. The summed E-state index contributed by atoms with van der Waals surface area (Å²) in [6.07, 6.45) is 3.48. The van der Waals surface area contributed by atoms with E-state index in [1.807, 2.05) is 6.07 Å². The van der Waals surface area contributed by atoms with E-state index >= 15 is 0 Å². The van der Waals surface area contributed by atoms with Gasteiger partial charge >= 0.3 is 0 Å². The number of hydrogen-bond donors (Lipinski definition) is 1. The summed E-state index contributed by atoms with van der Waals surface area (Å²) < 4.78 is 15.8. The molecule has 1 aliphatic rings. The fourth-order valence-corrected chi connectivity index (χ4v) is 1.91. The van der Waals surface area contributed by atoms with Crippen LogP contribution in [0.3, 0.4) is 0 Å². The molecule has 0 aliphatic carbocycles. The molecule has 1 atom stereocenters. The number of anilines is 1. The molecule has 1 N–H and O–H groups in total. The van der Waals surface area contributed by atoms with E-state index in [1.54, 1.807) is 20.5 Å². The average molecular weight is 253 g/mol. The summed E-state index contributed by atoms with van der Waals surface area (Å²) in [5, 5.41) is 3.15. The maximum Gasteiger partial charge on any atom is 0.173 e. The van der Waals surface area contributed by atoms with Crippen LogP contribution in [0.1, 0.15) is 24.6 Å². The Balaban J connectivity index is 1.94. The molecular weight excluding hydrogens is 234 g/mol. The Morgan fingerprint density at radius 1 is 1.44 bits per heavy atom. The second-order valence-electron chi connectivity index (χ2n) is 4.11. The highest BCUT2D eigenvalue weighted by molar-refractivity contribution is 5.35. The van der Waals surface area contributed by atoms with Crippen LogP contribution >= 0.6 is 0 Å². The lowest BCUT2D eigenvalue weighted by Crippen LogP contribution is -2.24. The van der Waals surface area contributed by atoms with Gasteiger partial charge in [-0.25, -0.2) is 9.97 Å². The zero-order valence-electron chi connectivity index (χ0n) is 10.8. The molecule has 100 valence electrons. The highest BCUT2D eigenvalue weighted by atomic mass is 16.7. The Hall–Kier alpha value is -1.24. The minimum Gasteiger partial charge on any atom is -0.372 e. The molecule has 1 saturated heterocycles. The molecule has 6 nitrogen and oxygen atoms in total. The smallest absolute Gasteiger partial charge is 0.173 e. The molecule has 0 radical (unpaired) electrons. The summed E-state index contributed by atoms with van der Waals surface area (Å²) in [6.45, 7) is 1.35. The molecule has 0 saturated carbocycles. The molecule has 18 heavy (non-hydrogen) atoms. The van der Waals surface area contributed by atoms with Crippen LogP contribution in [0.15, 0.2) is 12.4 Å². The third kappa shape index (κ3) is 3.38. The number of nitrogens with one attached hydrogen (secondary N) is 1. The largest absolute Gasteiger partial charge is 0.372 e. The summed E-state index contributed by atoms with van der Waals surface area (Å²) in [5.41, 5.74) is 0.927. The van der Waals surface area contributed by atoms with E-state index in [2.05, 4.69) is 15.3 Å². The zero-order chi connectivity index (χ0) is 12.8. The van der Waals surface area contributed by atoms with Crippen LogP contribution in [0.25, 0.3) is 0 Å². The van der Waals surface area contributed by atoms with Gasteiger partial charge in [0.15, 0.2) is 6.29 Å². The average Bonchev–Trinajstić information content (AvgIpc) is 2.94. The van der Waals surface area contributed by atoms with Gasteiger partial charge in [0.05, 0.1) is 18.3 Å². The Kier molecular flexibility index (Phi) is 4.86. The third-order valence-electron chi connectivity index (χ3n) is 2.92. The van der Waals surface area contributed by atoms with Gasteiger partial charge in [-0.05, 0) is 12.8 Å². The normalized spacial score (nSPS) is 19.4. The van der Waals surface area contributed by atoms with Crippen molar-refractivity contribution in [2.75, 3.05) is 32.7 Å². The lowest BCUT2D eigenvalue weighted by Gasteiger charge is -2.15. The zero-order valence-corrected chi connectivity index (χ0v) is 10.8. The highest BCUT2D eigenvalue weighted by Crippen LogP contribution is 2.27. The van der Waals surface area contributed by atoms with E-state index in [4.69, 9.17) is 14.2 Å². The second-order valence-corrected chi connectivity index (χ2v) is 4.11. The quantitative estimate of drug-likeness (QED) is 0.772. The van der Waals surface area contributed by atoms with Gasteiger partial charge in [-0.3, -0.25) is 0 Å². The Morgan fingerprint density at radius 3 is 2.94 bits per heavy atom. The van der Waals surface area contributed by atoms with Crippen LogP contribution in [0.5, 0.6) is 0 Å². The maximum absolute atomic E-state index is 5.59. The van der Waals surface area contributed by atoms with Crippen molar-refractivity contribution in [2.24, 2.45) is 0 Å². The predicted molar refractivity (Wildman–Crippen MR) is 66.3 cm³/mol. The molecule has 1 fully saturated rings. The van der Waals surface area contributed by atoms with Gasteiger partial charge in [0.2, 0.25) is 0 Å². The minimum absolute atomic E-state index is 0.106. The summed E-state index contributed by atoms with van der Waals surface area (Å²) in [4.78, 5) is 8.41. The van der Waals surface area contributed by atoms with E-state index in [0.717, 1.165) is 31.0 Å². The molecule has 1 aliphatic heterocycles. The highest BCUT2D eigenvalue weighted by Gasteiger charge is 2.19. The van der Waals surface area contributed by atoms with Crippen LogP contribution in [0, 0.1) is 0 Å². The lowest BCUT2D eigenvalue weighted by atomic mass is 10.2. The number of aromatic nitrogens is 2. The van der Waals surface area contributed by atoms with Crippen molar-refractivity contribution in [3.63, 3.8) is 0 Å². The predicted octanol–water partition coefficient (Wildman–Crippen LogP) is 1.36. The SMILES string of the molecule is COC(CNc1cc(C2CCCO2)ncn1)OC. The number of hydrogen-bond acceptors (Lipinski definition) is 6. The molecule has 0 bridgehead atoms. The van der Waals surface area contributed by atoms with Gasteiger partial charge in [-0.15, -0.1) is 0 Å². The molecule has 1 aromatic heterocycles. The topological polar surface area (TPSA) is 65.5 Å². The summed E-state index contributed by atoms with van der Waals surface area (Å²) in [5.74, 6) is 0.759. The van der Waals surface area contributed by atoms with Crippen LogP contribution < -0.4 is 5.32 Å². The first kappa shape index (κ1) is 13.2. The maximum atomic E-state index is 5.59. The van der Waals surface area contributed by atoms with Crippen molar-refractivity contribution >= 4 is 5.82 Å². The van der Waals surface area contributed by atoms with Gasteiger partial charge in [0, 0.05) is 26.9 Å². The van der Waals surface area contributed by atoms with E-state index in [1.165, 1.54) is 0 Å². The van der Waals surface area contributed by atoms with E-state index in [-0.39, 0.29) is 12.4 Å². The van der Waals surface area contributed by atoms with E-state index in [0.29, 0.717) is 6.54 Å². The monoisotopic (exact) mass is 253 g/mol. The number of ether oxygens (including phenoxy) is 3. The second kappa shape index (κ2) is 6.63. The molecule has 1 aromatic rings. The van der Waals surface area contributed by atoms with Gasteiger partial charge in [-0.2, -0.15) is 0 Å². The molecule has 2 heterocycles. The molecule has 0 amide bonds. The summed E-state index contributed by atoms with van der Waals surface area (Å²) in [6, 6.07) is 1.92. The molecular formula is C12H19N3O3. The van der Waals surface area contributed by atoms with Crippen molar-refractivity contribution < 1.29 is 14.2 Å². The van der Waals surface area contributed by atoms with Gasteiger partial charge in [0.25, 0.3) is 0 Å². The van der Waals surface area contributed by atoms with Crippen LogP contribution in [-0.2, 0) is 14.2 Å². The Morgan fingerprint density at radius 2 is 2.28 bits per heavy atom. The van der Waals surface area contributed by atoms with Crippen molar-refractivity contribution in [1.82, 2.24) is 9.97 Å². The molecule has 0 aromatic carbocycles. The molecule has 0 spiro atoms. The van der Waals surface area contributed by atoms with Crippen LogP contribution in [0.4, 0.5) is 5.82 Å². The summed E-state index contributed by atoms with van der Waals surface area (Å²) in [7, 11) is 3.21. The van der Waals surface area contributed by atoms with Gasteiger partial charge in [-0.1, -0.05) is 0 Å². The molecule has 6 heteroatoms. The number of methoxy groups -OCH3 is 2. The first-order valence-corrected chi connectivity index (χ1v) is 6.06.